The molecule has 19 heavy (non-hydrogen) atoms. The lowest BCUT2D eigenvalue weighted by Crippen LogP contribution is -2.39. The van der Waals surface area contributed by atoms with Crippen molar-refractivity contribution in [1.82, 2.24) is 18.7 Å². The Bertz CT molecular complexity index is 735. The van der Waals surface area contributed by atoms with Crippen molar-refractivity contribution >= 4 is 11.2 Å². The van der Waals surface area contributed by atoms with Crippen LogP contribution >= 0.6 is 0 Å². The zero-order valence-corrected chi connectivity index (χ0v) is 11.7. The smallest absolute Gasteiger partial charge is 0.329 e. The van der Waals surface area contributed by atoms with Crippen LogP contribution in [0.4, 0.5) is 0 Å². The molecule has 0 aliphatic carbocycles. The summed E-state index contributed by atoms with van der Waals surface area (Å²) >= 11 is 0. The summed E-state index contributed by atoms with van der Waals surface area (Å²) < 4.78 is 4.43. The lowest BCUT2D eigenvalue weighted by molar-refractivity contribution is 0.551. The molecule has 0 radical (unpaired) electrons. The SMILES string of the molecule is Cc1nc2c(c(=O)n(C)c(=O)n2C(C)C)n1CCN. The van der Waals surface area contributed by atoms with E-state index >= 15 is 0 Å². The Labute approximate surface area is 110 Å². The molecule has 7 heteroatoms. The minimum absolute atomic E-state index is 0.0672. The molecule has 0 fully saturated rings. The maximum Gasteiger partial charge on any atom is 0.332 e. The van der Waals surface area contributed by atoms with Gasteiger partial charge in [-0.2, -0.15) is 0 Å². The first kappa shape index (κ1) is 13.5. The molecule has 104 valence electrons. The van der Waals surface area contributed by atoms with Crippen molar-refractivity contribution in [3.63, 3.8) is 0 Å². The molecule has 0 saturated carbocycles. The summed E-state index contributed by atoms with van der Waals surface area (Å²) in [5.74, 6) is 0.692. The number of nitrogens with two attached hydrogens (primary N) is 1. The first-order valence-electron chi connectivity index (χ1n) is 6.28. The van der Waals surface area contributed by atoms with E-state index in [2.05, 4.69) is 4.98 Å². The second-order valence-corrected chi connectivity index (χ2v) is 4.88. The molecule has 2 N–H and O–H groups in total. The standard InChI is InChI=1S/C12H19N5O2/c1-7(2)17-10-9(11(18)15(4)12(17)19)16(6-5-13)8(3)14-10/h7H,5-6,13H2,1-4H3. The van der Waals surface area contributed by atoms with Crippen LogP contribution in [0.1, 0.15) is 25.7 Å². The van der Waals surface area contributed by atoms with Gasteiger partial charge in [0, 0.05) is 26.2 Å². The fourth-order valence-corrected chi connectivity index (χ4v) is 2.29. The molecular weight excluding hydrogens is 246 g/mol. The lowest BCUT2D eigenvalue weighted by atomic mass is 10.3. The van der Waals surface area contributed by atoms with Gasteiger partial charge >= 0.3 is 5.69 Å². The monoisotopic (exact) mass is 265 g/mol. The van der Waals surface area contributed by atoms with Gasteiger partial charge in [-0.3, -0.25) is 13.9 Å². The highest BCUT2D eigenvalue weighted by Crippen LogP contribution is 2.13. The van der Waals surface area contributed by atoms with Crippen LogP contribution in [-0.4, -0.2) is 25.2 Å². The Kier molecular flexibility index (Phi) is 3.32. The van der Waals surface area contributed by atoms with Crippen LogP contribution < -0.4 is 17.0 Å². The van der Waals surface area contributed by atoms with Crippen LogP contribution in [0.3, 0.4) is 0 Å². The molecule has 0 aliphatic rings. The molecule has 2 aromatic heterocycles. The Morgan fingerprint density at radius 3 is 2.47 bits per heavy atom. The van der Waals surface area contributed by atoms with Gasteiger partial charge in [-0.15, -0.1) is 0 Å². The van der Waals surface area contributed by atoms with Gasteiger partial charge in [0.2, 0.25) is 0 Å². The van der Waals surface area contributed by atoms with Crippen molar-refractivity contribution in [2.24, 2.45) is 12.8 Å². The van der Waals surface area contributed by atoms with E-state index in [1.807, 2.05) is 20.8 Å². The molecular formula is C12H19N5O2. The number of hydrogen-bond donors (Lipinski definition) is 1. The molecule has 0 aromatic carbocycles. The zero-order chi connectivity index (χ0) is 14.3. The lowest BCUT2D eigenvalue weighted by Gasteiger charge is -2.12. The fourth-order valence-electron chi connectivity index (χ4n) is 2.29. The normalized spacial score (nSPS) is 11.7. The maximum absolute atomic E-state index is 12.3. The van der Waals surface area contributed by atoms with Crippen molar-refractivity contribution in [1.29, 1.82) is 0 Å². The van der Waals surface area contributed by atoms with Gasteiger partial charge in [0.1, 0.15) is 5.82 Å². The second kappa shape index (κ2) is 4.65. The summed E-state index contributed by atoms with van der Waals surface area (Å²) in [5, 5.41) is 0. The van der Waals surface area contributed by atoms with Crippen LogP contribution in [0.2, 0.25) is 0 Å². The Morgan fingerprint density at radius 2 is 1.95 bits per heavy atom. The summed E-state index contributed by atoms with van der Waals surface area (Å²) in [6, 6.07) is -0.0672. The molecule has 0 bridgehead atoms. The van der Waals surface area contributed by atoms with Gasteiger partial charge in [0.15, 0.2) is 11.2 Å². The number of aromatic nitrogens is 4. The van der Waals surface area contributed by atoms with Gasteiger partial charge < -0.3 is 10.3 Å². The first-order chi connectivity index (χ1) is 8.90. The molecule has 2 heterocycles. The highest BCUT2D eigenvalue weighted by Gasteiger charge is 2.19. The van der Waals surface area contributed by atoms with Crippen molar-refractivity contribution < 1.29 is 0 Å². The molecule has 0 saturated heterocycles. The minimum atomic E-state index is -0.343. The zero-order valence-electron chi connectivity index (χ0n) is 11.7. The van der Waals surface area contributed by atoms with Crippen LogP contribution in [0.15, 0.2) is 9.59 Å². The summed E-state index contributed by atoms with van der Waals surface area (Å²) in [5.41, 5.74) is 5.78. The van der Waals surface area contributed by atoms with E-state index in [1.165, 1.54) is 11.6 Å². The van der Waals surface area contributed by atoms with E-state index in [0.717, 1.165) is 4.57 Å². The van der Waals surface area contributed by atoms with Gasteiger partial charge in [0.25, 0.3) is 5.56 Å². The maximum atomic E-state index is 12.3. The third-order valence-electron chi connectivity index (χ3n) is 3.24. The minimum Gasteiger partial charge on any atom is -0.329 e. The number of aryl methyl sites for hydroxylation is 1. The predicted octanol–water partition coefficient (Wildman–Crippen LogP) is -0.255. The molecule has 0 aliphatic heterocycles. The number of hydrogen-bond acceptors (Lipinski definition) is 4. The average molecular weight is 265 g/mol. The van der Waals surface area contributed by atoms with Crippen LogP contribution in [0, 0.1) is 6.92 Å². The summed E-state index contributed by atoms with van der Waals surface area (Å²) in [6.07, 6.45) is 0. The summed E-state index contributed by atoms with van der Waals surface area (Å²) in [6.45, 7) is 6.51. The fraction of sp³-hybridized carbons (Fsp3) is 0.583. The highest BCUT2D eigenvalue weighted by atomic mass is 16.2. The summed E-state index contributed by atoms with van der Waals surface area (Å²) in [7, 11) is 1.48. The van der Waals surface area contributed by atoms with Crippen LogP contribution in [0.25, 0.3) is 11.2 Å². The van der Waals surface area contributed by atoms with Gasteiger partial charge in [-0.05, 0) is 20.8 Å². The molecule has 0 spiro atoms. The molecule has 7 nitrogen and oxygen atoms in total. The second-order valence-electron chi connectivity index (χ2n) is 4.88. The topological polar surface area (TPSA) is 87.8 Å². The quantitative estimate of drug-likeness (QED) is 0.828. The number of fused-ring (bicyclic) bond motifs is 1. The highest BCUT2D eigenvalue weighted by molar-refractivity contribution is 5.71. The molecule has 2 rings (SSSR count). The third kappa shape index (κ3) is 1.90. The average Bonchev–Trinajstić information content (AvgIpc) is 2.64. The van der Waals surface area contributed by atoms with E-state index < -0.39 is 0 Å². The number of imidazole rings is 1. The van der Waals surface area contributed by atoms with Crippen molar-refractivity contribution in [2.45, 2.75) is 33.4 Å². The van der Waals surface area contributed by atoms with Crippen molar-refractivity contribution in [2.75, 3.05) is 6.54 Å². The first-order valence-corrected chi connectivity index (χ1v) is 6.28. The van der Waals surface area contributed by atoms with Gasteiger partial charge in [-0.1, -0.05) is 0 Å². The van der Waals surface area contributed by atoms with E-state index in [1.54, 1.807) is 4.57 Å². The molecule has 0 atom stereocenters. The van der Waals surface area contributed by atoms with E-state index in [0.29, 0.717) is 30.1 Å². The number of rotatable bonds is 3. The predicted molar refractivity (Wildman–Crippen MR) is 73.4 cm³/mol. The van der Waals surface area contributed by atoms with Gasteiger partial charge in [0.05, 0.1) is 0 Å². The molecule has 0 unspecified atom stereocenters. The third-order valence-corrected chi connectivity index (χ3v) is 3.24. The molecule has 2 aromatic rings. The number of nitrogens with zero attached hydrogens (tertiary/aromatic N) is 4. The summed E-state index contributed by atoms with van der Waals surface area (Å²) in [4.78, 5) is 28.8. The van der Waals surface area contributed by atoms with E-state index in [9.17, 15) is 9.59 Å². The van der Waals surface area contributed by atoms with Crippen LogP contribution in [0.5, 0.6) is 0 Å². The van der Waals surface area contributed by atoms with E-state index in [-0.39, 0.29) is 17.3 Å². The Morgan fingerprint density at radius 1 is 1.32 bits per heavy atom. The Balaban J connectivity index is 3.03. The van der Waals surface area contributed by atoms with Crippen molar-refractivity contribution in [3.8, 4) is 0 Å². The van der Waals surface area contributed by atoms with Gasteiger partial charge in [-0.25, -0.2) is 9.78 Å². The Hall–Kier alpha value is -1.89. The van der Waals surface area contributed by atoms with Crippen LogP contribution in [-0.2, 0) is 13.6 Å². The largest absolute Gasteiger partial charge is 0.332 e. The van der Waals surface area contributed by atoms with Crippen molar-refractivity contribution in [3.05, 3.63) is 26.7 Å². The van der Waals surface area contributed by atoms with E-state index in [4.69, 9.17) is 5.73 Å². The molecule has 0 amide bonds.